The van der Waals surface area contributed by atoms with E-state index >= 15 is 0 Å². The average molecular weight is 106 g/mol. The van der Waals surface area contributed by atoms with E-state index in [0.29, 0.717) is 0 Å². The summed E-state index contributed by atoms with van der Waals surface area (Å²) in [5.74, 6) is 0.898. The van der Waals surface area contributed by atoms with Gasteiger partial charge < -0.3 is 0 Å². The monoisotopic (exact) mass is 106 g/mol. The van der Waals surface area contributed by atoms with E-state index < -0.39 is 0 Å². The van der Waals surface area contributed by atoms with Crippen molar-refractivity contribution in [2.75, 3.05) is 0 Å². The predicted molar refractivity (Wildman–Crippen MR) is 34.6 cm³/mol. The van der Waals surface area contributed by atoms with Crippen molar-refractivity contribution < 1.29 is 0 Å². The SMILES string of the molecule is CC1=C(C)C2CC2=C1. The molecule has 0 bridgehead atoms. The van der Waals surface area contributed by atoms with Gasteiger partial charge in [-0.05, 0) is 20.3 Å². The Bertz CT molecular complexity index is 194. The van der Waals surface area contributed by atoms with Crippen LogP contribution >= 0.6 is 0 Å². The van der Waals surface area contributed by atoms with Crippen LogP contribution in [0.25, 0.3) is 0 Å². The molecule has 1 unspecified atom stereocenters. The summed E-state index contributed by atoms with van der Waals surface area (Å²) >= 11 is 0. The van der Waals surface area contributed by atoms with Crippen LogP contribution in [0.1, 0.15) is 20.3 Å². The van der Waals surface area contributed by atoms with Crippen LogP contribution in [0.4, 0.5) is 0 Å². The van der Waals surface area contributed by atoms with Gasteiger partial charge in [-0.2, -0.15) is 0 Å². The largest absolute Gasteiger partial charge is 0.0629 e. The summed E-state index contributed by atoms with van der Waals surface area (Å²) in [6, 6.07) is 0. The Balaban J connectivity index is 2.43. The molecule has 0 saturated heterocycles. The van der Waals surface area contributed by atoms with Crippen LogP contribution in [0.3, 0.4) is 0 Å². The third kappa shape index (κ3) is 0.360. The van der Waals surface area contributed by atoms with Crippen molar-refractivity contribution in [2.24, 2.45) is 5.92 Å². The van der Waals surface area contributed by atoms with Crippen molar-refractivity contribution in [3.05, 3.63) is 22.8 Å². The first-order chi connectivity index (χ1) is 3.79. The molecule has 1 saturated carbocycles. The van der Waals surface area contributed by atoms with Crippen LogP contribution in [0.2, 0.25) is 0 Å². The van der Waals surface area contributed by atoms with Crippen LogP contribution < -0.4 is 0 Å². The molecular formula is C8H10. The molecule has 0 nitrogen and oxygen atoms in total. The van der Waals surface area contributed by atoms with Gasteiger partial charge in [-0.3, -0.25) is 0 Å². The molecule has 0 spiro atoms. The van der Waals surface area contributed by atoms with Gasteiger partial charge in [-0.1, -0.05) is 22.8 Å². The molecule has 0 amide bonds. The second kappa shape index (κ2) is 1.07. The molecule has 1 atom stereocenters. The maximum Gasteiger partial charge on any atom is 0.00509 e. The first-order valence-corrected chi connectivity index (χ1v) is 3.17. The maximum absolute atomic E-state index is 2.33. The van der Waals surface area contributed by atoms with Crippen LogP contribution in [0.5, 0.6) is 0 Å². The number of rotatable bonds is 0. The van der Waals surface area contributed by atoms with Gasteiger partial charge in [0, 0.05) is 5.92 Å². The highest BCUT2D eigenvalue weighted by Crippen LogP contribution is 2.49. The van der Waals surface area contributed by atoms with Gasteiger partial charge in [-0.25, -0.2) is 0 Å². The molecule has 0 aromatic rings. The van der Waals surface area contributed by atoms with E-state index in [1.807, 2.05) is 0 Å². The quantitative estimate of drug-likeness (QED) is 0.444. The van der Waals surface area contributed by atoms with Crippen molar-refractivity contribution >= 4 is 0 Å². The third-order valence-corrected chi connectivity index (χ3v) is 2.27. The van der Waals surface area contributed by atoms with Gasteiger partial charge in [0.1, 0.15) is 0 Å². The second-order valence-electron chi connectivity index (χ2n) is 2.84. The minimum Gasteiger partial charge on any atom is -0.0629 e. The van der Waals surface area contributed by atoms with Crippen molar-refractivity contribution in [2.45, 2.75) is 20.3 Å². The van der Waals surface area contributed by atoms with Crippen molar-refractivity contribution in [1.82, 2.24) is 0 Å². The summed E-state index contributed by atoms with van der Waals surface area (Å²) < 4.78 is 0. The lowest BCUT2D eigenvalue weighted by molar-refractivity contribution is 1.03. The first kappa shape index (κ1) is 4.37. The molecule has 2 aliphatic rings. The van der Waals surface area contributed by atoms with Gasteiger partial charge in [0.25, 0.3) is 0 Å². The fraction of sp³-hybridized carbons (Fsp3) is 0.500. The van der Waals surface area contributed by atoms with E-state index in [0.717, 1.165) is 5.92 Å². The lowest BCUT2D eigenvalue weighted by atomic mass is 10.1. The molecule has 0 N–H and O–H groups in total. The van der Waals surface area contributed by atoms with E-state index in [4.69, 9.17) is 0 Å². The Hall–Kier alpha value is -0.520. The highest BCUT2D eigenvalue weighted by atomic mass is 14.4. The number of hydrogen-bond donors (Lipinski definition) is 0. The zero-order valence-corrected chi connectivity index (χ0v) is 5.36. The lowest BCUT2D eigenvalue weighted by Gasteiger charge is -1.92. The minimum absolute atomic E-state index is 0.898. The van der Waals surface area contributed by atoms with E-state index in [2.05, 4.69) is 19.9 Å². The zero-order chi connectivity index (χ0) is 5.72. The van der Waals surface area contributed by atoms with Crippen LogP contribution in [-0.2, 0) is 0 Å². The molecule has 0 aliphatic heterocycles. The van der Waals surface area contributed by atoms with E-state index in [1.165, 1.54) is 12.0 Å². The Morgan fingerprint density at radius 2 is 2.25 bits per heavy atom. The van der Waals surface area contributed by atoms with E-state index in [1.54, 1.807) is 11.1 Å². The summed E-state index contributed by atoms with van der Waals surface area (Å²) in [5.41, 5.74) is 4.79. The summed E-state index contributed by atoms with van der Waals surface area (Å²) in [6.07, 6.45) is 3.70. The molecule has 0 aromatic carbocycles. The van der Waals surface area contributed by atoms with Crippen LogP contribution in [0, 0.1) is 5.92 Å². The Kier molecular flexibility index (Phi) is 0.585. The molecule has 1 fully saturated rings. The smallest absolute Gasteiger partial charge is 0.00509 e. The topological polar surface area (TPSA) is 0 Å². The Labute approximate surface area is 49.9 Å². The average Bonchev–Trinajstić information content (AvgIpc) is 2.39. The van der Waals surface area contributed by atoms with E-state index in [-0.39, 0.29) is 0 Å². The standard InChI is InChI=1S/C8H10/c1-5-3-7-4-8(7)6(5)2/h3,8H,4H2,1-2H3. The van der Waals surface area contributed by atoms with Crippen LogP contribution in [-0.4, -0.2) is 0 Å². The maximum atomic E-state index is 2.33. The second-order valence-corrected chi connectivity index (χ2v) is 2.84. The highest BCUT2D eigenvalue weighted by molar-refractivity contribution is 5.49. The van der Waals surface area contributed by atoms with Gasteiger partial charge in [0.2, 0.25) is 0 Å². The van der Waals surface area contributed by atoms with Crippen molar-refractivity contribution in [1.29, 1.82) is 0 Å². The molecule has 0 heteroatoms. The fourth-order valence-electron chi connectivity index (χ4n) is 1.43. The molecule has 0 heterocycles. The van der Waals surface area contributed by atoms with Crippen LogP contribution in [0.15, 0.2) is 22.8 Å². The molecule has 0 aromatic heterocycles. The summed E-state index contributed by atoms with van der Waals surface area (Å²) in [5, 5.41) is 0. The normalized spacial score (nSPS) is 32.8. The van der Waals surface area contributed by atoms with Gasteiger partial charge in [-0.15, -0.1) is 0 Å². The minimum atomic E-state index is 0.898. The molecule has 8 heavy (non-hydrogen) atoms. The molecule has 42 valence electrons. The third-order valence-electron chi connectivity index (χ3n) is 2.27. The Morgan fingerprint density at radius 3 is 2.50 bits per heavy atom. The summed E-state index contributed by atoms with van der Waals surface area (Å²) in [4.78, 5) is 0. The van der Waals surface area contributed by atoms with Gasteiger partial charge in [0.15, 0.2) is 0 Å². The fourth-order valence-corrected chi connectivity index (χ4v) is 1.43. The summed E-state index contributed by atoms with van der Waals surface area (Å²) in [7, 11) is 0. The summed E-state index contributed by atoms with van der Waals surface area (Å²) in [6.45, 7) is 4.45. The Morgan fingerprint density at radius 1 is 1.50 bits per heavy atom. The molecule has 2 rings (SSSR count). The zero-order valence-electron chi connectivity index (χ0n) is 5.36. The van der Waals surface area contributed by atoms with Gasteiger partial charge in [0.05, 0.1) is 0 Å². The number of allylic oxidation sites excluding steroid dienone is 4. The lowest BCUT2D eigenvalue weighted by Crippen LogP contribution is -1.76. The number of fused-ring (bicyclic) bond motifs is 1. The number of hydrogen-bond acceptors (Lipinski definition) is 0. The molecule has 0 radical (unpaired) electrons. The van der Waals surface area contributed by atoms with Gasteiger partial charge >= 0.3 is 0 Å². The van der Waals surface area contributed by atoms with Crippen molar-refractivity contribution in [3.63, 3.8) is 0 Å². The predicted octanol–water partition coefficient (Wildman–Crippen LogP) is 2.28. The molecular weight excluding hydrogens is 96.1 g/mol. The first-order valence-electron chi connectivity index (χ1n) is 3.17. The van der Waals surface area contributed by atoms with E-state index in [9.17, 15) is 0 Å². The highest BCUT2D eigenvalue weighted by Gasteiger charge is 2.35. The molecule has 2 aliphatic carbocycles. The van der Waals surface area contributed by atoms with Crippen molar-refractivity contribution in [3.8, 4) is 0 Å².